The maximum atomic E-state index is 12.6. The number of ether oxygens (including phenoxy) is 1. The van der Waals surface area contributed by atoms with Gasteiger partial charge in [0.25, 0.3) is 5.91 Å². The van der Waals surface area contributed by atoms with Crippen LogP contribution in [0.3, 0.4) is 0 Å². The summed E-state index contributed by atoms with van der Waals surface area (Å²) in [5.74, 6) is -1.33. The van der Waals surface area contributed by atoms with E-state index in [2.05, 4.69) is 6.92 Å². The largest absolute Gasteiger partial charge is 0.452 e. The highest BCUT2D eigenvalue weighted by Gasteiger charge is 2.24. The topological polar surface area (TPSA) is 103 Å². The molecular weight excluding hydrogens is 384 g/mol. The molecule has 0 saturated heterocycles. The third-order valence-electron chi connectivity index (χ3n) is 4.06. The SMILES string of the molecule is C[C@@H]1CCN(C(=O)COC(=O)/C=C/c2ccc([N+](=O)[O-])o2)c2ccccc2S1. The summed E-state index contributed by atoms with van der Waals surface area (Å²) < 4.78 is 9.92. The van der Waals surface area contributed by atoms with Crippen LogP contribution in [0.1, 0.15) is 19.1 Å². The van der Waals surface area contributed by atoms with E-state index in [1.807, 2.05) is 24.3 Å². The molecule has 0 unspecified atom stereocenters. The van der Waals surface area contributed by atoms with Gasteiger partial charge in [0.05, 0.1) is 11.8 Å². The van der Waals surface area contributed by atoms with E-state index in [1.165, 1.54) is 18.2 Å². The molecule has 8 nitrogen and oxygen atoms in total. The minimum Gasteiger partial charge on any atom is -0.452 e. The highest BCUT2D eigenvalue weighted by Crippen LogP contribution is 2.37. The van der Waals surface area contributed by atoms with Crippen molar-refractivity contribution in [3.63, 3.8) is 0 Å². The lowest BCUT2D eigenvalue weighted by molar-refractivity contribution is -0.402. The first-order valence-electron chi connectivity index (χ1n) is 8.59. The number of anilines is 1. The Morgan fingerprint density at radius 2 is 2.14 bits per heavy atom. The van der Waals surface area contributed by atoms with Gasteiger partial charge < -0.3 is 14.1 Å². The molecule has 1 aliphatic heterocycles. The second kappa shape index (κ2) is 8.75. The van der Waals surface area contributed by atoms with E-state index in [1.54, 1.807) is 16.7 Å². The summed E-state index contributed by atoms with van der Waals surface area (Å²) in [6, 6.07) is 10.2. The first kappa shape index (κ1) is 19.7. The molecule has 0 aliphatic carbocycles. The van der Waals surface area contributed by atoms with Gasteiger partial charge in [-0.1, -0.05) is 19.1 Å². The molecule has 0 radical (unpaired) electrons. The monoisotopic (exact) mass is 402 g/mol. The van der Waals surface area contributed by atoms with Gasteiger partial charge in [-0.25, -0.2) is 4.79 Å². The number of amides is 1. The van der Waals surface area contributed by atoms with Gasteiger partial charge in [-0.15, -0.1) is 11.8 Å². The predicted octanol–water partition coefficient (Wildman–Crippen LogP) is 3.66. The summed E-state index contributed by atoms with van der Waals surface area (Å²) in [7, 11) is 0. The molecule has 3 rings (SSSR count). The van der Waals surface area contributed by atoms with Gasteiger partial charge >= 0.3 is 11.9 Å². The maximum Gasteiger partial charge on any atom is 0.433 e. The fourth-order valence-electron chi connectivity index (χ4n) is 2.68. The number of para-hydroxylation sites is 1. The number of fused-ring (bicyclic) bond motifs is 1. The number of thioether (sulfide) groups is 1. The van der Waals surface area contributed by atoms with E-state index in [4.69, 9.17) is 9.15 Å². The molecule has 0 N–H and O–H groups in total. The number of nitro groups is 1. The Hall–Kier alpha value is -3.07. The number of esters is 1. The summed E-state index contributed by atoms with van der Waals surface area (Å²) in [6.07, 6.45) is 3.14. The van der Waals surface area contributed by atoms with E-state index in [0.29, 0.717) is 11.8 Å². The fraction of sp³-hybridized carbons (Fsp3) is 0.263. The Balaban J connectivity index is 1.59. The lowest BCUT2D eigenvalue weighted by Gasteiger charge is -2.22. The van der Waals surface area contributed by atoms with Crippen LogP contribution in [0.5, 0.6) is 0 Å². The number of hydrogen-bond donors (Lipinski definition) is 0. The lowest BCUT2D eigenvalue weighted by Crippen LogP contribution is -2.35. The molecule has 1 aliphatic rings. The average Bonchev–Trinajstić information content (AvgIpc) is 3.08. The first-order valence-corrected chi connectivity index (χ1v) is 9.47. The van der Waals surface area contributed by atoms with Crippen molar-refractivity contribution in [2.24, 2.45) is 0 Å². The average molecular weight is 402 g/mol. The fourth-order valence-corrected chi connectivity index (χ4v) is 3.80. The summed E-state index contributed by atoms with van der Waals surface area (Å²) in [5, 5.41) is 10.9. The van der Waals surface area contributed by atoms with Gasteiger partial charge in [-0.2, -0.15) is 0 Å². The quantitative estimate of drug-likeness (QED) is 0.325. The van der Waals surface area contributed by atoms with Crippen molar-refractivity contribution in [3.8, 4) is 0 Å². The van der Waals surface area contributed by atoms with Gasteiger partial charge in [-0.3, -0.25) is 14.9 Å². The molecule has 0 spiro atoms. The number of rotatable bonds is 5. The normalized spacial score (nSPS) is 16.5. The summed E-state index contributed by atoms with van der Waals surface area (Å²) in [6.45, 7) is 2.27. The van der Waals surface area contributed by atoms with Crippen LogP contribution in [0, 0.1) is 10.1 Å². The zero-order chi connectivity index (χ0) is 20.1. The van der Waals surface area contributed by atoms with Crippen LogP contribution < -0.4 is 4.90 Å². The number of carbonyl (C=O) groups excluding carboxylic acids is 2. The molecular formula is C19H18N2O6S. The Labute approximate surface area is 165 Å². The number of benzene rings is 1. The summed E-state index contributed by atoms with van der Waals surface area (Å²) in [4.78, 5) is 37.0. The van der Waals surface area contributed by atoms with E-state index >= 15 is 0 Å². The summed E-state index contributed by atoms with van der Waals surface area (Å²) >= 11 is 1.72. The molecule has 2 heterocycles. The van der Waals surface area contributed by atoms with Crippen molar-refractivity contribution in [2.45, 2.75) is 23.5 Å². The van der Waals surface area contributed by atoms with Crippen molar-refractivity contribution in [1.82, 2.24) is 0 Å². The smallest absolute Gasteiger partial charge is 0.433 e. The molecule has 2 aromatic rings. The van der Waals surface area contributed by atoms with Crippen LogP contribution in [-0.2, 0) is 14.3 Å². The molecule has 1 aromatic carbocycles. The third-order valence-corrected chi connectivity index (χ3v) is 5.30. The molecule has 1 atom stereocenters. The molecule has 0 fully saturated rings. The van der Waals surface area contributed by atoms with Gasteiger partial charge in [-0.05, 0) is 30.7 Å². The molecule has 1 aromatic heterocycles. The van der Waals surface area contributed by atoms with E-state index < -0.39 is 23.4 Å². The van der Waals surface area contributed by atoms with Crippen LogP contribution in [0.4, 0.5) is 11.6 Å². The molecule has 1 amide bonds. The van der Waals surface area contributed by atoms with Crippen molar-refractivity contribution >= 4 is 41.3 Å². The zero-order valence-electron chi connectivity index (χ0n) is 15.1. The van der Waals surface area contributed by atoms with Gasteiger partial charge in [0.15, 0.2) is 6.61 Å². The zero-order valence-corrected chi connectivity index (χ0v) is 15.9. The first-order chi connectivity index (χ1) is 13.4. The van der Waals surface area contributed by atoms with Crippen LogP contribution >= 0.6 is 11.8 Å². The van der Waals surface area contributed by atoms with Crippen molar-refractivity contribution in [2.75, 3.05) is 18.1 Å². The Bertz CT molecular complexity index is 923. The van der Waals surface area contributed by atoms with Gasteiger partial charge in [0, 0.05) is 22.8 Å². The Kier molecular flexibility index (Phi) is 6.15. The van der Waals surface area contributed by atoms with Crippen molar-refractivity contribution < 1.29 is 23.7 Å². The molecule has 0 saturated carbocycles. The predicted molar refractivity (Wildman–Crippen MR) is 104 cm³/mol. The van der Waals surface area contributed by atoms with Crippen LogP contribution in [0.15, 0.2) is 51.8 Å². The van der Waals surface area contributed by atoms with Crippen molar-refractivity contribution in [1.29, 1.82) is 0 Å². The van der Waals surface area contributed by atoms with E-state index in [-0.39, 0.29) is 11.7 Å². The van der Waals surface area contributed by atoms with Crippen LogP contribution in [0.2, 0.25) is 0 Å². The van der Waals surface area contributed by atoms with E-state index in [9.17, 15) is 19.7 Å². The van der Waals surface area contributed by atoms with Crippen LogP contribution in [0.25, 0.3) is 6.08 Å². The number of carbonyl (C=O) groups is 2. The lowest BCUT2D eigenvalue weighted by atomic mass is 10.2. The Morgan fingerprint density at radius 1 is 1.36 bits per heavy atom. The molecule has 28 heavy (non-hydrogen) atoms. The van der Waals surface area contributed by atoms with Crippen LogP contribution in [-0.4, -0.2) is 35.2 Å². The standard InChI is InChI=1S/C19H18N2O6S/c1-13-10-11-20(15-4-2-3-5-16(15)28-13)17(22)12-26-19(23)9-7-14-6-8-18(27-14)21(24)25/h2-9,13H,10-12H2,1H3/b9-7+/t13-/m1/s1. The second-order valence-corrected chi connectivity index (χ2v) is 7.58. The minimum absolute atomic E-state index is 0.141. The highest BCUT2D eigenvalue weighted by atomic mass is 32.2. The molecule has 146 valence electrons. The number of furan rings is 1. The second-order valence-electron chi connectivity index (χ2n) is 6.10. The highest BCUT2D eigenvalue weighted by molar-refractivity contribution is 8.00. The minimum atomic E-state index is -0.738. The van der Waals surface area contributed by atoms with Gasteiger partial charge in [0.2, 0.25) is 0 Å². The molecule has 0 bridgehead atoms. The summed E-state index contributed by atoms with van der Waals surface area (Å²) in [5.41, 5.74) is 0.816. The number of nitrogens with zero attached hydrogens (tertiary/aromatic N) is 2. The van der Waals surface area contributed by atoms with E-state index in [0.717, 1.165) is 23.1 Å². The van der Waals surface area contributed by atoms with Crippen molar-refractivity contribution in [3.05, 3.63) is 58.3 Å². The molecule has 9 heteroatoms. The maximum absolute atomic E-state index is 12.6. The third kappa shape index (κ3) is 4.80. The van der Waals surface area contributed by atoms with Gasteiger partial charge in [0.1, 0.15) is 10.7 Å². The Morgan fingerprint density at radius 3 is 2.89 bits per heavy atom. The number of hydrogen-bond acceptors (Lipinski definition) is 7.